The summed E-state index contributed by atoms with van der Waals surface area (Å²) in [5.41, 5.74) is 0.660. The summed E-state index contributed by atoms with van der Waals surface area (Å²) in [6.07, 6.45) is 9.47. The molecule has 0 N–H and O–H groups in total. The first kappa shape index (κ1) is 17.4. The Balaban J connectivity index is 1.46. The second-order valence-electron chi connectivity index (χ2n) is 9.02. The van der Waals surface area contributed by atoms with E-state index in [0.29, 0.717) is 11.5 Å². The molecule has 2 fully saturated rings. The minimum Gasteiger partial charge on any atom is -0.302 e. The molecule has 0 radical (unpaired) electrons. The maximum atomic E-state index is 2.80. The van der Waals surface area contributed by atoms with E-state index in [1.807, 2.05) is 0 Å². The monoisotopic (exact) mass is 320 g/mol. The summed E-state index contributed by atoms with van der Waals surface area (Å²) in [5, 5.41) is 0. The maximum absolute atomic E-state index is 2.80. The fourth-order valence-electron chi connectivity index (χ4n) is 4.93. The van der Waals surface area contributed by atoms with Crippen LogP contribution in [0.3, 0.4) is 0 Å². The standard InChI is InChI=1S/C20H38N3/c1-17(2)22-10-5-19(6-11-22)15-21-12-7-20(16-21)8-13-23(14-9-20)18(3)4/h10,17-19H,5-9,11-16H2,1-4H3/q+1. The van der Waals surface area contributed by atoms with E-state index in [9.17, 15) is 0 Å². The lowest BCUT2D eigenvalue weighted by atomic mass is 9.77. The molecule has 0 aromatic carbocycles. The average molecular weight is 321 g/mol. The first-order valence-corrected chi connectivity index (χ1v) is 10.0. The molecule has 0 aromatic rings. The van der Waals surface area contributed by atoms with Gasteiger partial charge in [-0.1, -0.05) is 0 Å². The second kappa shape index (κ2) is 7.23. The largest absolute Gasteiger partial charge is 0.302 e. The van der Waals surface area contributed by atoms with Gasteiger partial charge >= 0.3 is 0 Å². The highest BCUT2D eigenvalue weighted by atomic mass is 15.2. The molecule has 3 rings (SSSR count). The highest BCUT2D eigenvalue weighted by Crippen LogP contribution is 2.41. The predicted octanol–water partition coefficient (Wildman–Crippen LogP) is 3.08. The van der Waals surface area contributed by atoms with E-state index >= 15 is 0 Å². The van der Waals surface area contributed by atoms with Crippen molar-refractivity contribution in [2.75, 3.05) is 39.3 Å². The fourth-order valence-corrected chi connectivity index (χ4v) is 4.93. The van der Waals surface area contributed by atoms with Crippen LogP contribution in [0.1, 0.15) is 59.8 Å². The van der Waals surface area contributed by atoms with Gasteiger partial charge in [-0.05, 0) is 77.9 Å². The molecular formula is C20H38N3+. The van der Waals surface area contributed by atoms with Crippen molar-refractivity contribution in [3.05, 3.63) is 0 Å². The van der Waals surface area contributed by atoms with Crippen LogP contribution in [0.5, 0.6) is 0 Å². The van der Waals surface area contributed by atoms with Crippen molar-refractivity contribution in [1.82, 2.24) is 9.80 Å². The molecule has 23 heavy (non-hydrogen) atoms. The topological polar surface area (TPSA) is 9.49 Å². The number of likely N-dealkylation sites (tertiary alicyclic amines) is 2. The van der Waals surface area contributed by atoms with Crippen LogP contribution < -0.4 is 0 Å². The lowest BCUT2D eigenvalue weighted by molar-refractivity contribution is -0.560. The van der Waals surface area contributed by atoms with Crippen LogP contribution in [-0.4, -0.2) is 71.9 Å². The molecular weight excluding hydrogens is 282 g/mol. The van der Waals surface area contributed by atoms with Gasteiger partial charge in [0.1, 0.15) is 18.8 Å². The Kier molecular flexibility index (Phi) is 5.47. The SMILES string of the molecule is CC(C)N1CCC2(CCN(CC3CC=[N+](C(C)C)CC3)C2)CC1. The van der Waals surface area contributed by atoms with E-state index in [1.54, 1.807) is 0 Å². The molecule has 3 aliphatic heterocycles. The van der Waals surface area contributed by atoms with Crippen LogP contribution in [0, 0.1) is 11.3 Å². The van der Waals surface area contributed by atoms with Crippen molar-refractivity contribution >= 4 is 6.21 Å². The van der Waals surface area contributed by atoms with Gasteiger partial charge in [0.05, 0.1) is 0 Å². The molecule has 0 aliphatic carbocycles. The van der Waals surface area contributed by atoms with Gasteiger partial charge in [0.15, 0.2) is 0 Å². The van der Waals surface area contributed by atoms with Crippen molar-refractivity contribution in [3.8, 4) is 0 Å². The fraction of sp³-hybridized carbons (Fsp3) is 0.950. The van der Waals surface area contributed by atoms with Gasteiger partial charge in [0.25, 0.3) is 0 Å². The molecule has 3 nitrogen and oxygen atoms in total. The van der Waals surface area contributed by atoms with E-state index in [2.05, 4.69) is 48.3 Å². The molecule has 0 saturated carbocycles. The minimum absolute atomic E-state index is 0.660. The molecule has 0 bridgehead atoms. The number of nitrogens with zero attached hydrogens (tertiary/aromatic N) is 3. The predicted molar refractivity (Wildman–Crippen MR) is 98.5 cm³/mol. The van der Waals surface area contributed by atoms with Gasteiger partial charge in [0, 0.05) is 32.0 Å². The summed E-state index contributed by atoms with van der Waals surface area (Å²) in [4.78, 5) is 5.47. The normalized spacial score (nSPS) is 29.7. The van der Waals surface area contributed by atoms with E-state index in [-0.39, 0.29) is 0 Å². The zero-order valence-electron chi connectivity index (χ0n) is 15.9. The molecule has 3 aliphatic rings. The summed E-state index contributed by atoms with van der Waals surface area (Å²) in [6, 6.07) is 1.41. The van der Waals surface area contributed by atoms with Gasteiger partial charge in [-0.2, -0.15) is 0 Å². The van der Waals surface area contributed by atoms with E-state index < -0.39 is 0 Å². The molecule has 0 aromatic heterocycles. The Bertz CT molecular complexity index is 419. The number of piperidine rings is 1. The maximum Gasteiger partial charge on any atom is 0.146 e. The van der Waals surface area contributed by atoms with E-state index in [1.165, 1.54) is 71.4 Å². The van der Waals surface area contributed by atoms with Gasteiger partial charge in [-0.25, -0.2) is 4.58 Å². The van der Waals surface area contributed by atoms with E-state index in [4.69, 9.17) is 0 Å². The molecule has 3 heteroatoms. The quantitative estimate of drug-likeness (QED) is 0.736. The van der Waals surface area contributed by atoms with Crippen LogP contribution in [0.2, 0.25) is 0 Å². The molecule has 132 valence electrons. The van der Waals surface area contributed by atoms with Crippen LogP contribution >= 0.6 is 0 Å². The van der Waals surface area contributed by atoms with Crippen molar-refractivity contribution in [3.63, 3.8) is 0 Å². The van der Waals surface area contributed by atoms with Gasteiger partial charge in [-0.15, -0.1) is 0 Å². The zero-order valence-corrected chi connectivity index (χ0v) is 15.9. The smallest absolute Gasteiger partial charge is 0.146 e. The number of rotatable bonds is 4. The third-order valence-electron chi connectivity index (χ3n) is 6.75. The highest BCUT2D eigenvalue weighted by molar-refractivity contribution is 5.52. The van der Waals surface area contributed by atoms with E-state index in [0.717, 1.165) is 12.0 Å². The number of hydrogen-bond acceptors (Lipinski definition) is 2. The van der Waals surface area contributed by atoms with Gasteiger partial charge < -0.3 is 9.80 Å². The Labute approximate surface area is 143 Å². The Morgan fingerprint density at radius 1 is 1.09 bits per heavy atom. The lowest BCUT2D eigenvalue weighted by Crippen LogP contribution is -2.44. The van der Waals surface area contributed by atoms with Crippen molar-refractivity contribution in [2.24, 2.45) is 11.3 Å². The summed E-state index contributed by atoms with van der Waals surface area (Å²) < 4.78 is 2.53. The Hall–Kier alpha value is -0.410. The second-order valence-corrected chi connectivity index (χ2v) is 9.02. The van der Waals surface area contributed by atoms with Crippen LogP contribution in [0.4, 0.5) is 0 Å². The molecule has 3 heterocycles. The summed E-state index contributed by atoms with van der Waals surface area (Å²) in [7, 11) is 0. The first-order chi connectivity index (χ1) is 11.0. The van der Waals surface area contributed by atoms with Crippen molar-refractivity contribution in [1.29, 1.82) is 0 Å². The van der Waals surface area contributed by atoms with Crippen molar-refractivity contribution in [2.45, 2.75) is 71.9 Å². The summed E-state index contributed by atoms with van der Waals surface area (Å²) in [5.74, 6) is 0.899. The first-order valence-electron chi connectivity index (χ1n) is 10.0. The Morgan fingerprint density at radius 3 is 2.35 bits per heavy atom. The molecule has 1 atom stereocenters. The molecule has 0 amide bonds. The third-order valence-corrected chi connectivity index (χ3v) is 6.75. The van der Waals surface area contributed by atoms with Crippen LogP contribution in [0.25, 0.3) is 0 Å². The van der Waals surface area contributed by atoms with Crippen LogP contribution in [-0.2, 0) is 0 Å². The van der Waals surface area contributed by atoms with Gasteiger partial charge in [0.2, 0.25) is 0 Å². The summed E-state index contributed by atoms with van der Waals surface area (Å²) in [6.45, 7) is 17.3. The molecule has 1 unspecified atom stereocenters. The Morgan fingerprint density at radius 2 is 1.78 bits per heavy atom. The van der Waals surface area contributed by atoms with Crippen LogP contribution in [0.15, 0.2) is 0 Å². The highest BCUT2D eigenvalue weighted by Gasteiger charge is 2.41. The average Bonchev–Trinajstić information content (AvgIpc) is 2.90. The van der Waals surface area contributed by atoms with Gasteiger partial charge in [-0.3, -0.25) is 0 Å². The summed E-state index contributed by atoms with van der Waals surface area (Å²) >= 11 is 0. The minimum atomic E-state index is 0.660. The lowest BCUT2D eigenvalue weighted by Gasteiger charge is -2.41. The van der Waals surface area contributed by atoms with Crippen molar-refractivity contribution < 1.29 is 4.58 Å². The third kappa shape index (κ3) is 4.17. The molecule has 2 saturated heterocycles. The number of hydrogen-bond donors (Lipinski definition) is 0. The zero-order chi connectivity index (χ0) is 16.4. The molecule has 1 spiro atoms.